The average Bonchev–Trinajstić information content (AvgIpc) is 3.26. The summed E-state index contributed by atoms with van der Waals surface area (Å²) in [6, 6.07) is 0. The lowest BCUT2D eigenvalue weighted by atomic mass is 9.33. The standard InChI is InChI=1S/C41H65NO6/c1-24(2)31-26(43)22-41(33(45)42(13)35(3,4)5)21-20-39(11)25(32(31)41)14-15-28-38(10)18-17-29(48-30(44)23-36(6,7)34(46)47)37(8,9)27(38)16-19-40(28,39)12/h24-25,27-29H,14-23H2,1-13H3,(H,46,47)/t25?,27?,28?,29-,38-,39+,40+,41+/m0/s1. The number of carboxylic acids is 1. The summed E-state index contributed by atoms with van der Waals surface area (Å²) in [5.74, 6) is 0.0344. The normalized spacial score (nSPS) is 39.2. The molecule has 0 heterocycles. The number of ether oxygens (including phenoxy) is 1. The molecule has 5 aliphatic carbocycles. The van der Waals surface area contributed by atoms with Crippen LogP contribution in [0.4, 0.5) is 0 Å². The van der Waals surface area contributed by atoms with Crippen LogP contribution in [0.3, 0.4) is 0 Å². The summed E-state index contributed by atoms with van der Waals surface area (Å²) in [7, 11) is 1.92. The minimum Gasteiger partial charge on any atom is -0.481 e. The van der Waals surface area contributed by atoms with Gasteiger partial charge in [-0.15, -0.1) is 0 Å². The third-order valence-corrected chi connectivity index (χ3v) is 15.5. The molecule has 7 heteroatoms. The fourth-order valence-electron chi connectivity index (χ4n) is 12.3. The number of carboxylic acid groups (broad SMARTS) is 1. The lowest BCUT2D eigenvalue weighted by molar-refractivity contribution is -0.233. The molecule has 0 aliphatic heterocycles. The monoisotopic (exact) mass is 667 g/mol. The lowest BCUT2D eigenvalue weighted by Gasteiger charge is -2.72. The first-order valence-corrected chi connectivity index (χ1v) is 18.8. The molecule has 0 saturated heterocycles. The van der Waals surface area contributed by atoms with Crippen molar-refractivity contribution in [2.24, 2.45) is 56.2 Å². The van der Waals surface area contributed by atoms with Gasteiger partial charge >= 0.3 is 11.9 Å². The SMILES string of the molecule is CC(C)C1=C2C3CCC4[C@@]5(C)CC[C@H](OC(=O)CC(C)(C)C(=O)O)C(C)(C)C5CC[C@@]4(C)[C@]3(C)CC[C@@]2(C(=O)N(C)C(C)(C)C)CC1=O. The second-order valence-electron chi connectivity index (χ2n) is 20.0. The van der Waals surface area contributed by atoms with E-state index in [1.165, 1.54) is 5.57 Å². The molecular formula is C41H65NO6. The molecule has 5 aliphatic rings. The summed E-state index contributed by atoms with van der Waals surface area (Å²) >= 11 is 0. The highest BCUT2D eigenvalue weighted by molar-refractivity contribution is 6.07. The van der Waals surface area contributed by atoms with Crippen molar-refractivity contribution in [2.75, 3.05) is 7.05 Å². The zero-order valence-electron chi connectivity index (χ0n) is 32.4. The molecule has 5 rings (SSSR count). The molecule has 48 heavy (non-hydrogen) atoms. The Balaban J connectivity index is 1.48. The fourth-order valence-corrected chi connectivity index (χ4v) is 12.3. The topological polar surface area (TPSA) is 101 Å². The maximum Gasteiger partial charge on any atom is 0.309 e. The number of fused-ring (bicyclic) bond motifs is 7. The first kappa shape index (κ1) is 37.1. The van der Waals surface area contributed by atoms with Crippen LogP contribution < -0.4 is 0 Å². The Morgan fingerprint density at radius 1 is 0.875 bits per heavy atom. The molecule has 1 N–H and O–H groups in total. The number of aliphatic carboxylic acids is 1. The van der Waals surface area contributed by atoms with Gasteiger partial charge in [-0.25, -0.2) is 0 Å². The van der Waals surface area contributed by atoms with Gasteiger partial charge in [0.15, 0.2) is 5.78 Å². The molecular weight excluding hydrogens is 602 g/mol. The largest absolute Gasteiger partial charge is 0.481 e. The molecule has 4 saturated carbocycles. The number of esters is 1. The van der Waals surface area contributed by atoms with Crippen molar-refractivity contribution < 1.29 is 29.0 Å². The predicted octanol–water partition coefficient (Wildman–Crippen LogP) is 8.64. The van der Waals surface area contributed by atoms with E-state index in [-0.39, 0.29) is 63.2 Å². The molecule has 0 aromatic carbocycles. The van der Waals surface area contributed by atoms with E-state index >= 15 is 0 Å². The Labute approximate surface area is 290 Å². The number of carbonyl (C=O) groups excluding carboxylic acids is 3. The molecule has 3 unspecified atom stereocenters. The van der Waals surface area contributed by atoms with Crippen molar-refractivity contribution >= 4 is 23.6 Å². The van der Waals surface area contributed by atoms with Crippen molar-refractivity contribution in [1.29, 1.82) is 0 Å². The summed E-state index contributed by atoms with van der Waals surface area (Å²) in [5, 5.41) is 9.58. The molecule has 0 radical (unpaired) electrons. The van der Waals surface area contributed by atoms with Gasteiger partial charge in [-0.1, -0.05) is 48.5 Å². The second kappa shape index (κ2) is 11.4. The average molecular weight is 668 g/mol. The second-order valence-corrected chi connectivity index (χ2v) is 20.0. The van der Waals surface area contributed by atoms with Crippen molar-refractivity contribution in [1.82, 2.24) is 4.90 Å². The van der Waals surface area contributed by atoms with Gasteiger partial charge < -0.3 is 14.7 Å². The lowest BCUT2D eigenvalue weighted by Crippen LogP contribution is -2.66. The number of Topliss-reactive ketones (excluding diaryl/α,β-unsaturated/α-hetero) is 1. The van der Waals surface area contributed by atoms with Gasteiger partial charge in [0.05, 0.1) is 17.3 Å². The van der Waals surface area contributed by atoms with Crippen LogP contribution in [0.2, 0.25) is 0 Å². The Hall–Kier alpha value is -2.18. The van der Waals surface area contributed by atoms with Gasteiger partial charge in [-0.05, 0) is 137 Å². The van der Waals surface area contributed by atoms with E-state index in [1.54, 1.807) is 13.8 Å². The van der Waals surface area contributed by atoms with Gasteiger partial charge in [0, 0.05) is 24.4 Å². The van der Waals surface area contributed by atoms with Crippen LogP contribution in [-0.4, -0.2) is 52.3 Å². The highest BCUT2D eigenvalue weighted by Crippen LogP contribution is 2.77. The van der Waals surface area contributed by atoms with Gasteiger partial charge in [0.1, 0.15) is 6.10 Å². The van der Waals surface area contributed by atoms with Gasteiger partial charge in [0.2, 0.25) is 5.91 Å². The molecule has 0 aromatic rings. The Morgan fingerprint density at radius 2 is 1.50 bits per heavy atom. The van der Waals surface area contributed by atoms with E-state index in [0.717, 1.165) is 56.9 Å². The Bertz CT molecular complexity index is 1420. The van der Waals surface area contributed by atoms with Gasteiger partial charge in [-0.2, -0.15) is 0 Å². The first-order chi connectivity index (χ1) is 21.8. The van der Waals surface area contributed by atoms with Crippen molar-refractivity contribution in [3.8, 4) is 0 Å². The smallest absolute Gasteiger partial charge is 0.309 e. The van der Waals surface area contributed by atoms with E-state index < -0.39 is 22.8 Å². The van der Waals surface area contributed by atoms with Gasteiger partial charge in [0.25, 0.3) is 0 Å². The number of nitrogens with zero attached hydrogens (tertiary/aromatic N) is 1. The first-order valence-electron chi connectivity index (χ1n) is 18.8. The maximum absolute atomic E-state index is 14.6. The molecule has 0 aromatic heterocycles. The van der Waals surface area contributed by atoms with Crippen LogP contribution in [0.1, 0.15) is 147 Å². The molecule has 8 atom stereocenters. The molecule has 4 fully saturated rings. The quantitative estimate of drug-likeness (QED) is 0.285. The van der Waals surface area contributed by atoms with E-state index in [0.29, 0.717) is 18.3 Å². The van der Waals surface area contributed by atoms with Crippen molar-refractivity contribution in [3.63, 3.8) is 0 Å². The minimum atomic E-state index is -1.16. The third kappa shape index (κ3) is 5.16. The fraction of sp³-hybridized carbons (Fsp3) is 0.854. The number of ketones is 1. The van der Waals surface area contributed by atoms with Crippen LogP contribution in [0.5, 0.6) is 0 Å². The van der Waals surface area contributed by atoms with Crippen LogP contribution in [-0.2, 0) is 23.9 Å². The highest BCUT2D eigenvalue weighted by Gasteiger charge is 2.71. The number of hydrogen-bond acceptors (Lipinski definition) is 5. The minimum absolute atomic E-state index is 0.0378. The van der Waals surface area contributed by atoms with E-state index in [2.05, 4.69) is 69.2 Å². The van der Waals surface area contributed by atoms with E-state index in [4.69, 9.17) is 4.74 Å². The summed E-state index contributed by atoms with van der Waals surface area (Å²) in [5.41, 5.74) is -0.261. The Kier molecular flexibility index (Phi) is 8.82. The van der Waals surface area contributed by atoms with Crippen molar-refractivity contribution in [2.45, 2.75) is 159 Å². The van der Waals surface area contributed by atoms with Crippen LogP contribution >= 0.6 is 0 Å². The summed E-state index contributed by atoms with van der Waals surface area (Å²) < 4.78 is 6.15. The van der Waals surface area contributed by atoms with E-state index in [9.17, 15) is 24.3 Å². The predicted molar refractivity (Wildman–Crippen MR) is 188 cm³/mol. The summed E-state index contributed by atoms with van der Waals surface area (Å²) in [6.07, 6.45) is 7.54. The molecule has 0 spiro atoms. The van der Waals surface area contributed by atoms with E-state index in [1.807, 2.05) is 11.9 Å². The number of rotatable bonds is 6. The zero-order chi connectivity index (χ0) is 36.2. The number of carbonyl (C=O) groups is 4. The molecule has 0 bridgehead atoms. The number of allylic oxidation sites excluding steroid dienone is 1. The Morgan fingerprint density at radius 3 is 2.06 bits per heavy atom. The summed E-state index contributed by atoms with van der Waals surface area (Å²) in [4.78, 5) is 55.2. The number of hydrogen-bond donors (Lipinski definition) is 1. The number of amides is 1. The van der Waals surface area contributed by atoms with Gasteiger partial charge in [-0.3, -0.25) is 19.2 Å². The highest BCUT2D eigenvalue weighted by atomic mass is 16.5. The zero-order valence-corrected chi connectivity index (χ0v) is 32.4. The maximum atomic E-state index is 14.6. The van der Waals surface area contributed by atoms with Crippen molar-refractivity contribution in [3.05, 3.63) is 11.1 Å². The molecule has 7 nitrogen and oxygen atoms in total. The van der Waals surface area contributed by atoms with Crippen LogP contribution in [0.25, 0.3) is 0 Å². The van der Waals surface area contributed by atoms with Crippen LogP contribution in [0.15, 0.2) is 11.1 Å². The summed E-state index contributed by atoms with van der Waals surface area (Å²) in [6.45, 7) is 25.7. The molecule has 270 valence electrons. The van der Waals surface area contributed by atoms with Crippen LogP contribution in [0, 0.1) is 56.2 Å². The molecule has 1 amide bonds. The third-order valence-electron chi connectivity index (χ3n) is 15.5.